The number of aromatic nitrogens is 5. The average Bonchev–Trinajstić information content (AvgIpc) is 3.49. The van der Waals surface area contributed by atoms with Crippen molar-refractivity contribution in [3.63, 3.8) is 0 Å². The van der Waals surface area contributed by atoms with Crippen molar-refractivity contribution in [1.82, 2.24) is 30.1 Å². The van der Waals surface area contributed by atoms with E-state index in [0.29, 0.717) is 37.6 Å². The van der Waals surface area contributed by atoms with Crippen molar-refractivity contribution in [2.75, 3.05) is 6.61 Å². The molecule has 5 rings (SSSR count). The first-order chi connectivity index (χ1) is 16.5. The minimum Gasteiger partial charge on any atom is -0.376 e. The Labute approximate surface area is 196 Å². The van der Waals surface area contributed by atoms with Crippen molar-refractivity contribution in [3.05, 3.63) is 87.2 Å². The van der Waals surface area contributed by atoms with E-state index in [1.165, 1.54) is 12.1 Å². The highest BCUT2D eigenvalue weighted by Gasteiger charge is 2.21. The number of H-pyrrole nitrogens is 1. The first-order valence-corrected chi connectivity index (χ1v) is 11.5. The van der Waals surface area contributed by atoms with Crippen LogP contribution in [0.15, 0.2) is 53.3 Å². The van der Waals surface area contributed by atoms with E-state index in [2.05, 4.69) is 25.4 Å². The van der Waals surface area contributed by atoms with Gasteiger partial charge in [-0.3, -0.25) is 9.69 Å². The van der Waals surface area contributed by atoms with E-state index < -0.39 is 0 Å². The molecule has 1 atom stereocenters. The molecule has 0 bridgehead atoms. The standard InChI is InChI=1S/C25H27FN6O2/c1-17-4-7-19-12-20(25(33)27-23(19)11-17)14-31(13-18-5-8-21(26)9-6-18)16-24-28-29-30-32(24)15-22-3-2-10-34-22/h4-9,11-12,22H,2-3,10,13-16H2,1H3,(H,27,33)/t22-/m1/s1. The minimum absolute atomic E-state index is 0.111. The maximum Gasteiger partial charge on any atom is 0.252 e. The number of halogens is 1. The van der Waals surface area contributed by atoms with Crippen molar-refractivity contribution in [2.45, 2.75) is 52.0 Å². The number of aryl methyl sites for hydroxylation is 1. The molecule has 176 valence electrons. The number of fused-ring (bicyclic) bond motifs is 1. The summed E-state index contributed by atoms with van der Waals surface area (Å²) < 4.78 is 21.0. The van der Waals surface area contributed by atoms with Gasteiger partial charge in [-0.25, -0.2) is 9.07 Å². The largest absolute Gasteiger partial charge is 0.376 e. The Hall–Kier alpha value is -3.43. The lowest BCUT2D eigenvalue weighted by molar-refractivity contribution is 0.0914. The third-order valence-electron chi connectivity index (χ3n) is 6.16. The van der Waals surface area contributed by atoms with Gasteiger partial charge >= 0.3 is 0 Å². The fourth-order valence-corrected chi connectivity index (χ4v) is 4.39. The van der Waals surface area contributed by atoms with Crippen LogP contribution in [0, 0.1) is 12.7 Å². The Morgan fingerprint density at radius 2 is 2.00 bits per heavy atom. The number of ether oxygens (including phenoxy) is 1. The molecular weight excluding hydrogens is 435 g/mol. The summed E-state index contributed by atoms with van der Waals surface area (Å²) in [6, 6.07) is 14.3. The van der Waals surface area contributed by atoms with Crippen molar-refractivity contribution >= 4 is 10.9 Å². The Morgan fingerprint density at radius 3 is 2.79 bits per heavy atom. The highest BCUT2D eigenvalue weighted by molar-refractivity contribution is 5.79. The van der Waals surface area contributed by atoms with E-state index >= 15 is 0 Å². The molecule has 3 heterocycles. The monoisotopic (exact) mass is 462 g/mol. The molecule has 1 fully saturated rings. The van der Waals surface area contributed by atoms with Crippen molar-refractivity contribution in [3.8, 4) is 0 Å². The molecule has 9 heteroatoms. The van der Waals surface area contributed by atoms with Crippen LogP contribution in [0.1, 0.15) is 35.4 Å². The SMILES string of the molecule is Cc1ccc2cc(CN(Cc3ccc(F)cc3)Cc3nnnn3C[C@H]3CCCO3)c(=O)[nH]c2c1. The molecule has 0 spiro atoms. The van der Waals surface area contributed by atoms with Crippen LogP contribution in [0.3, 0.4) is 0 Å². The molecule has 0 saturated carbocycles. The molecular formula is C25H27FN6O2. The zero-order chi connectivity index (χ0) is 23.5. The molecule has 0 unspecified atom stereocenters. The van der Waals surface area contributed by atoms with Crippen LogP contribution in [0.4, 0.5) is 4.39 Å². The van der Waals surface area contributed by atoms with Crippen LogP contribution < -0.4 is 5.56 Å². The predicted molar refractivity (Wildman–Crippen MR) is 125 cm³/mol. The molecule has 34 heavy (non-hydrogen) atoms. The number of rotatable bonds is 8. The van der Waals surface area contributed by atoms with Gasteiger partial charge in [-0.05, 0) is 71.0 Å². The molecule has 1 saturated heterocycles. The fourth-order valence-electron chi connectivity index (χ4n) is 4.39. The van der Waals surface area contributed by atoms with Crippen LogP contribution in [0.5, 0.6) is 0 Å². The lowest BCUT2D eigenvalue weighted by Crippen LogP contribution is -2.29. The molecule has 1 aliphatic rings. The van der Waals surface area contributed by atoms with E-state index in [1.807, 2.05) is 31.2 Å². The molecule has 1 N–H and O–H groups in total. The van der Waals surface area contributed by atoms with Crippen molar-refractivity contribution in [1.29, 1.82) is 0 Å². The van der Waals surface area contributed by atoms with Crippen LogP contribution in [-0.4, -0.2) is 42.8 Å². The summed E-state index contributed by atoms with van der Waals surface area (Å²) in [6.07, 6.45) is 2.15. The Bertz CT molecular complexity index is 1330. The highest BCUT2D eigenvalue weighted by atomic mass is 19.1. The topological polar surface area (TPSA) is 88.9 Å². The number of aromatic amines is 1. The van der Waals surface area contributed by atoms with Crippen LogP contribution in [0.25, 0.3) is 10.9 Å². The number of nitrogens with zero attached hydrogens (tertiary/aromatic N) is 5. The van der Waals surface area contributed by atoms with Gasteiger partial charge in [0.1, 0.15) is 5.82 Å². The van der Waals surface area contributed by atoms with Crippen LogP contribution in [0.2, 0.25) is 0 Å². The minimum atomic E-state index is -0.280. The fraction of sp³-hybridized carbons (Fsp3) is 0.360. The Kier molecular flexibility index (Phi) is 6.46. The molecule has 2 aromatic heterocycles. The van der Waals surface area contributed by atoms with E-state index in [9.17, 15) is 9.18 Å². The van der Waals surface area contributed by atoms with Gasteiger partial charge in [-0.15, -0.1) is 5.10 Å². The zero-order valence-corrected chi connectivity index (χ0v) is 19.1. The van der Waals surface area contributed by atoms with Gasteiger partial charge in [-0.1, -0.05) is 24.3 Å². The maximum atomic E-state index is 13.5. The van der Waals surface area contributed by atoms with Crippen LogP contribution >= 0.6 is 0 Å². The van der Waals surface area contributed by atoms with Crippen molar-refractivity contribution < 1.29 is 9.13 Å². The summed E-state index contributed by atoms with van der Waals surface area (Å²) in [4.78, 5) is 18.0. The Morgan fingerprint density at radius 1 is 1.15 bits per heavy atom. The van der Waals surface area contributed by atoms with E-state index in [4.69, 9.17) is 4.74 Å². The first-order valence-electron chi connectivity index (χ1n) is 11.5. The van der Waals surface area contributed by atoms with Gasteiger partial charge in [0.2, 0.25) is 0 Å². The number of hydrogen-bond acceptors (Lipinski definition) is 6. The van der Waals surface area contributed by atoms with E-state index in [1.54, 1.807) is 16.8 Å². The highest BCUT2D eigenvalue weighted by Crippen LogP contribution is 2.18. The van der Waals surface area contributed by atoms with E-state index in [-0.39, 0.29) is 17.5 Å². The number of hydrogen-bond donors (Lipinski definition) is 1. The quantitative estimate of drug-likeness (QED) is 0.432. The molecule has 1 aliphatic heterocycles. The summed E-state index contributed by atoms with van der Waals surface area (Å²) >= 11 is 0. The molecule has 0 aliphatic carbocycles. The molecule has 4 aromatic rings. The lowest BCUT2D eigenvalue weighted by atomic mass is 10.1. The predicted octanol–water partition coefficient (Wildman–Crippen LogP) is 3.34. The van der Waals surface area contributed by atoms with E-state index in [0.717, 1.165) is 41.5 Å². The zero-order valence-electron chi connectivity index (χ0n) is 19.1. The van der Waals surface area contributed by atoms with Gasteiger partial charge in [0.15, 0.2) is 5.82 Å². The molecule has 8 nitrogen and oxygen atoms in total. The second-order valence-electron chi connectivity index (χ2n) is 8.90. The normalized spacial score (nSPS) is 16.0. The third kappa shape index (κ3) is 5.21. The van der Waals surface area contributed by atoms with Gasteiger partial charge in [0, 0.05) is 30.8 Å². The summed E-state index contributed by atoms with van der Waals surface area (Å²) in [5.41, 5.74) is 3.37. The number of tetrazole rings is 1. The summed E-state index contributed by atoms with van der Waals surface area (Å²) in [7, 11) is 0. The van der Waals surface area contributed by atoms with Gasteiger partial charge in [0.25, 0.3) is 5.56 Å². The number of pyridine rings is 1. The lowest BCUT2D eigenvalue weighted by Gasteiger charge is -2.22. The molecule has 0 radical (unpaired) electrons. The maximum absolute atomic E-state index is 13.5. The average molecular weight is 463 g/mol. The second kappa shape index (κ2) is 9.82. The van der Waals surface area contributed by atoms with Crippen LogP contribution in [-0.2, 0) is 30.9 Å². The molecule has 2 aromatic carbocycles. The van der Waals surface area contributed by atoms with Gasteiger partial charge in [0.05, 0.1) is 19.2 Å². The first kappa shape index (κ1) is 22.4. The second-order valence-corrected chi connectivity index (χ2v) is 8.90. The third-order valence-corrected chi connectivity index (χ3v) is 6.16. The van der Waals surface area contributed by atoms with Gasteiger partial charge < -0.3 is 9.72 Å². The molecule has 0 amide bonds. The summed E-state index contributed by atoms with van der Waals surface area (Å²) in [6.45, 7) is 4.70. The Balaban J connectivity index is 1.42. The van der Waals surface area contributed by atoms with Crippen molar-refractivity contribution in [2.24, 2.45) is 0 Å². The summed E-state index contributed by atoms with van der Waals surface area (Å²) in [5.74, 6) is 0.419. The summed E-state index contributed by atoms with van der Waals surface area (Å²) in [5, 5.41) is 13.2. The number of nitrogens with one attached hydrogen (secondary N) is 1. The number of benzene rings is 2. The smallest absolute Gasteiger partial charge is 0.252 e. The van der Waals surface area contributed by atoms with Gasteiger partial charge in [-0.2, -0.15) is 0 Å².